The zero-order chi connectivity index (χ0) is 14.7. The second kappa shape index (κ2) is 5.98. The lowest BCUT2D eigenvalue weighted by molar-refractivity contribution is 0.0102. The normalized spacial score (nSPS) is 16.9. The Kier molecular flexibility index (Phi) is 5.06. The Morgan fingerprint density at radius 2 is 1.89 bits per heavy atom. The molecule has 19 heavy (non-hydrogen) atoms. The van der Waals surface area contributed by atoms with Crippen LogP contribution in [0.3, 0.4) is 0 Å². The zero-order valence-corrected chi connectivity index (χ0v) is 12.2. The maximum atomic E-state index is 12.7. The van der Waals surface area contributed by atoms with Gasteiger partial charge in [0.1, 0.15) is 5.82 Å². The van der Waals surface area contributed by atoms with Gasteiger partial charge in [-0.15, -0.1) is 0 Å². The molecule has 0 saturated heterocycles. The molecule has 0 aliphatic heterocycles. The molecule has 2 N–H and O–H groups in total. The van der Waals surface area contributed by atoms with Gasteiger partial charge in [0.2, 0.25) is 10.0 Å². The highest BCUT2D eigenvalue weighted by molar-refractivity contribution is 7.89. The SMILES string of the molecule is CCC(C)C(C)(O)CNS(=O)(=O)c1ccc(F)cc1. The minimum atomic E-state index is -3.73. The van der Waals surface area contributed by atoms with Crippen molar-refractivity contribution in [1.29, 1.82) is 0 Å². The van der Waals surface area contributed by atoms with Crippen molar-refractivity contribution in [3.8, 4) is 0 Å². The fraction of sp³-hybridized carbons (Fsp3) is 0.538. The van der Waals surface area contributed by atoms with E-state index in [1.165, 1.54) is 12.1 Å². The van der Waals surface area contributed by atoms with E-state index in [-0.39, 0.29) is 17.4 Å². The molecule has 0 fully saturated rings. The lowest BCUT2D eigenvalue weighted by Gasteiger charge is -2.29. The summed E-state index contributed by atoms with van der Waals surface area (Å²) in [5.41, 5.74) is -1.12. The van der Waals surface area contributed by atoms with Crippen molar-refractivity contribution in [2.45, 2.75) is 37.7 Å². The van der Waals surface area contributed by atoms with Crippen LogP contribution in [0.2, 0.25) is 0 Å². The van der Waals surface area contributed by atoms with Gasteiger partial charge < -0.3 is 5.11 Å². The number of halogens is 1. The van der Waals surface area contributed by atoms with E-state index in [1.54, 1.807) is 6.92 Å². The highest BCUT2D eigenvalue weighted by Crippen LogP contribution is 2.20. The number of rotatable bonds is 6. The Balaban J connectivity index is 2.79. The lowest BCUT2D eigenvalue weighted by atomic mass is 9.89. The lowest BCUT2D eigenvalue weighted by Crippen LogP contribution is -2.44. The van der Waals surface area contributed by atoms with Crippen LogP contribution in [-0.2, 0) is 10.0 Å². The van der Waals surface area contributed by atoms with Crippen molar-refractivity contribution in [1.82, 2.24) is 4.72 Å². The van der Waals surface area contributed by atoms with Crippen molar-refractivity contribution >= 4 is 10.0 Å². The quantitative estimate of drug-likeness (QED) is 0.840. The molecule has 0 radical (unpaired) electrons. The van der Waals surface area contributed by atoms with Crippen LogP contribution in [0.15, 0.2) is 29.2 Å². The van der Waals surface area contributed by atoms with Gasteiger partial charge >= 0.3 is 0 Å². The predicted octanol–water partition coefficient (Wildman–Crippen LogP) is 1.90. The number of hydrogen-bond acceptors (Lipinski definition) is 3. The van der Waals surface area contributed by atoms with E-state index in [0.29, 0.717) is 0 Å². The first-order valence-corrected chi connectivity index (χ1v) is 7.65. The fourth-order valence-corrected chi connectivity index (χ4v) is 2.70. The van der Waals surface area contributed by atoms with Crippen LogP contribution in [0, 0.1) is 11.7 Å². The summed E-state index contributed by atoms with van der Waals surface area (Å²) in [6.45, 7) is 5.29. The van der Waals surface area contributed by atoms with E-state index in [0.717, 1.165) is 18.6 Å². The highest BCUT2D eigenvalue weighted by Gasteiger charge is 2.29. The summed E-state index contributed by atoms with van der Waals surface area (Å²) >= 11 is 0. The summed E-state index contributed by atoms with van der Waals surface area (Å²) in [5, 5.41) is 10.2. The van der Waals surface area contributed by atoms with Crippen LogP contribution >= 0.6 is 0 Å². The third kappa shape index (κ3) is 4.26. The van der Waals surface area contributed by atoms with Crippen molar-refractivity contribution < 1.29 is 17.9 Å². The number of sulfonamides is 1. The molecular weight excluding hydrogens is 269 g/mol. The molecule has 108 valence electrons. The molecule has 2 atom stereocenters. The minimum Gasteiger partial charge on any atom is -0.389 e. The van der Waals surface area contributed by atoms with Crippen LogP contribution in [0.1, 0.15) is 27.2 Å². The Labute approximate surface area is 113 Å². The molecule has 4 nitrogen and oxygen atoms in total. The second-order valence-electron chi connectivity index (χ2n) is 4.94. The van der Waals surface area contributed by atoms with Crippen LogP contribution in [-0.4, -0.2) is 25.7 Å². The number of hydrogen-bond donors (Lipinski definition) is 2. The second-order valence-corrected chi connectivity index (χ2v) is 6.71. The molecule has 0 amide bonds. The van der Waals surface area contributed by atoms with Crippen LogP contribution in [0.25, 0.3) is 0 Å². The average molecular weight is 289 g/mol. The van der Waals surface area contributed by atoms with E-state index in [1.807, 2.05) is 13.8 Å². The van der Waals surface area contributed by atoms with Gasteiger partial charge in [-0.25, -0.2) is 17.5 Å². The predicted molar refractivity (Wildman–Crippen MR) is 71.7 cm³/mol. The zero-order valence-electron chi connectivity index (χ0n) is 11.4. The third-order valence-electron chi connectivity index (χ3n) is 3.42. The Bertz CT molecular complexity index is 511. The van der Waals surface area contributed by atoms with E-state index < -0.39 is 21.4 Å². The van der Waals surface area contributed by atoms with Gasteiger partial charge in [-0.3, -0.25) is 0 Å². The molecule has 0 aliphatic carbocycles. The van der Waals surface area contributed by atoms with Crippen LogP contribution in [0.5, 0.6) is 0 Å². The number of aliphatic hydroxyl groups is 1. The van der Waals surface area contributed by atoms with E-state index in [4.69, 9.17) is 0 Å². The largest absolute Gasteiger partial charge is 0.389 e. The van der Waals surface area contributed by atoms with Gasteiger partial charge in [0.05, 0.1) is 10.5 Å². The topological polar surface area (TPSA) is 66.4 Å². The van der Waals surface area contributed by atoms with Gasteiger partial charge in [-0.1, -0.05) is 20.3 Å². The Morgan fingerprint density at radius 3 is 2.37 bits per heavy atom. The van der Waals surface area contributed by atoms with E-state index >= 15 is 0 Å². The molecule has 2 unspecified atom stereocenters. The smallest absolute Gasteiger partial charge is 0.240 e. The first-order chi connectivity index (χ1) is 8.69. The monoisotopic (exact) mass is 289 g/mol. The van der Waals surface area contributed by atoms with E-state index in [2.05, 4.69) is 4.72 Å². The van der Waals surface area contributed by atoms with Crippen molar-refractivity contribution in [3.63, 3.8) is 0 Å². The number of nitrogens with one attached hydrogen (secondary N) is 1. The first-order valence-electron chi connectivity index (χ1n) is 6.16. The molecule has 0 bridgehead atoms. The van der Waals surface area contributed by atoms with Crippen molar-refractivity contribution in [2.75, 3.05) is 6.54 Å². The van der Waals surface area contributed by atoms with Gasteiger partial charge in [0, 0.05) is 6.54 Å². The summed E-state index contributed by atoms with van der Waals surface area (Å²) in [6.07, 6.45) is 0.741. The summed E-state index contributed by atoms with van der Waals surface area (Å²) in [5.74, 6) is -0.533. The third-order valence-corrected chi connectivity index (χ3v) is 4.84. The standard InChI is InChI=1S/C13H20FNO3S/c1-4-10(2)13(3,16)9-15-19(17,18)12-7-5-11(14)6-8-12/h5-8,10,15-16H,4,9H2,1-3H3. The molecule has 0 aromatic heterocycles. The Hall–Kier alpha value is -0.980. The number of benzene rings is 1. The molecule has 0 saturated carbocycles. The van der Waals surface area contributed by atoms with Gasteiger partial charge in [-0.2, -0.15) is 0 Å². The summed E-state index contributed by atoms with van der Waals surface area (Å²) in [4.78, 5) is -0.0196. The molecule has 6 heteroatoms. The van der Waals surface area contributed by atoms with Crippen LogP contribution < -0.4 is 4.72 Å². The van der Waals surface area contributed by atoms with Gasteiger partial charge in [0.15, 0.2) is 0 Å². The summed E-state index contributed by atoms with van der Waals surface area (Å²) in [6, 6.07) is 4.55. The minimum absolute atomic E-state index is 0.0196. The fourth-order valence-electron chi connectivity index (χ4n) is 1.55. The first kappa shape index (κ1) is 16.1. The molecule has 0 aliphatic rings. The van der Waals surface area contributed by atoms with Crippen LogP contribution in [0.4, 0.5) is 4.39 Å². The van der Waals surface area contributed by atoms with E-state index in [9.17, 15) is 17.9 Å². The molecule has 1 rings (SSSR count). The summed E-state index contributed by atoms with van der Waals surface area (Å²) < 4.78 is 39.0. The van der Waals surface area contributed by atoms with Crippen molar-refractivity contribution in [2.24, 2.45) is 5.92 Å². The van der Waals surface area contributed by atoms with Gasteiger partial charge in [0.25, 0.3) is 0 Å². The Morgan fingerprint density at radius 1 is 1.37 bits per heavy atom. The van der Waals surface area contributed by atoms with Gasteiger partial charge in [-0.05, 0) is 37.1 Å². The molecule has 0 heterocycles. The molecule has 1 aromatic rings. The molecule has 0 spiro atoms. The highest BCUT2D eigenvalue weighted by atomic mass is 32.2. The molecule has 1 aromatic carbocycles. The average Bonchev–Trinajstić information content (AvgIpc) is 2.36. The van der Waals surface area contributed by atoms with Crippen molar-refractivity contribution in [3.05, 3.63) is 30.1 Å². The maximum Gasteiger partial charge on any atom is 0.240 e. The molecular formula is C13H20FNO3S. The summed E-state index contributed by atoms with van der Waals surface area (Å²) in [7, 11) is -3.73. The maximum absolute atomic E-state index is 12.7.